The first-order chi connectivity index (χ1) is 12.8. The molecule has 138 valence electrons. The molecule has 2 aromatic carbocycles. The molecule has 0 atom stereocenters. The summed E-state index contributed by atoms with van der Waals surface area (Å²) in [7, 11) is -3.75. The van der Waals surface area contributed by atoms with Crippen LogP contribution in [-0.4, -0.2) is 20.6 Å². The molecule has 0 bridgehead atoms. The summed E-state index contributed by atoms with van der Waals surface area (Å²) in [5.41, 5.74) is 0.965. The number of primary sulfonamides is 1. The number of nitrogens with zero attached hydrogens (tertiary/aromatic N) is 1. The summed E-state index contributed by atoms with van der Waals surface area (Å²) in [5.74, 6) is 0.208. The van der Waals surface area contributed by atoms with Gasteiger partial charge in [0, 0.05) is 10.6 Å². The summed E-state index contributed by atoms with van der Waals surface area (Å²) in [6.07, 6.45) is 1.25. The Labute approximate surface area is 160 Å². The van der Waals surface area contributed by atoms with Gasteiger partial charge in [-0.3, -0.25) is 0 Å². The number of oxime groups is 1. The molecule has 0 aliphatic heterocycles. The highest BCUT2D eigenvalue weighted by atomic mass is 35.5. The predicted molar refractivity (Wildman–Crippen MR) is 100.0 cm³/mol. The molecule has 0 saturated carbocycles. The van der Waals surface area contributed by atoms with Gasteiger partial charge >= 0.3 is 5.97 Å². The van der Waals surface area contributed by atoms with Gasteiger partial charge < -0.3 is 9.25 Å². The highest BCUT2D eigenvalue weighted by Crippen LogP contribution is 2.23. The Morgan fingerprint density at radius 1 is 1.04 bits per heavy atom. The number of hydrogen-bond donors (Lipinski definition) is 1. The third-order valence-corrected chi connectivity index (χ3v) is 4.67. The lowest BCUT2D eigenvalue weighted by atomic mass is 10.2. The molecule has 27 heavy (non-hydrogen) atoms. The zero-order chi connectivity index (χ0) is 19.4. The summed E-state index contributed by atoms with van der Waals surface area (Å²) in [4.78, 5) is 16.6. The van der Waals surface area contributed by atoms with Crippen LogP contribution < -0.4 is 5.14 Å². The van der Waals surface area contributed by atoms with Gasteiger partial charge in [-0.15, -0.1) is 0 Å². The van der Waals surface area contributed by atoms with E-state index in [9.17, 15) is 13.2 Å². The second-order valence-corrected chi connectivity index (χ2v) is 7.39. The lowest BCUT2D eigenvalue weighted by Gasteiger charge is -2.00. The van der Waals surface area contributed by atoms with Gasteiger partial charge in [-0.25, -0.2) is 18.4 Å². The second-order valence-electron chi connectivity index (χ2n) is 5.39. The molecule has 0 aliphatic rings. The molecule has 0 fully saturated rings. The van der Waals surface area contributed by atoms with Crippen molar-refractivity contribution in [2.75, 3.05) is 0 Å². The quantitative estimate of drug-likeness (QED) is 0.397. The molecule has 9 heteroatoms. The molecule has 0 saturated heterocycles. The SMILES string of the molecule is NS(=O)(=O)c1ccc(-c2ccc(C=NOC(=O)c3ccc(Cl)cc3)o2)cc1. The summed E-state index contributed by atoms with van der Waals surface area (Å²) in [6.45, 7) is 0. The van der Waals surface area contributed by atoms with E-state index in [1.54, 1.807) is 36.4 Å². The molecule has 0 unspecified atom stereocenters. The third kappa shape index (κ3) is 4.82. The number of rotatable bonds is 5. The molecular formula is C18H13ClN2O5S. The number of hydrogen-bond acceptors (Lipinski definition) is 6. The molecule has 0 radical (unpaired) electrons. The van der Waals surface area contributed by atoms with Crippen LogP contribution in [0.5, 0.6) is 0 Å². The van der Waals surface area contributed by atoms with Crippen molar-refractivity contribution in [1.29, 1.82) is 0 Å². The van der Waals surface area contributed by atoms with E-state index >= 15 is 0 Å². The van der Waals surface area contributed by atoms with Crippen LogP contribution in [0.4, 0.5) is 0 Å². The number of carbonyl (C=O) groups is 1. The first-order valence-corrected chi connectivity index (χ1v) is 9.49. The molecule has 3 rings (SSSR count). The number of carbonyl (C=O) groups excluding carboxylic acids is 1. The molecule has 7 nitrogen and oxygen atoms in total. The van der Waals surface area contributed by atoms with E-state index in [1.807, 2.05) is 0 Å². The van der Waals surface area contributed by atoms with Crippen LogP contribution in [0.25, 0.3) is 11.3 Å². The van der Waals surface area contributed by atoms with Crippen molar-refractivity contribution in [3.8, 4) is 11.3 Å². The molecular weight excluding hydrogens is 392 g/mol. The van der Waals surface area contributed by atoms with Crippen molar-refractivity contribution in [3.63, 3.8) is 0 Å². The van der Waals surface area contributed by atoms with E-state index in [0.717, 1.165) is 0 Å². The zero-order valence-electron chi connectivity index (χ0n) is 13.7. The maximum atomic E-state index is 11.8. The van der Waals surface area contributed by atoms with Gasteiger partial charge in [0.15, 0.2) is 0 Å². The first-order valence-electron chi connectivity index (χ1n) is 7.56. The number of benzene rings is 2. The highest BCUT2D eigenvalue weighted by molar-refractivity contribution is 7.89. The average Bonchev–Trinajstić information content (AvgIpc) is 3.10. The minimum Gasteiger partial charge on any atom is -0.455 e. The third-order valence-electron chi connectivity index (χ3n) is 3.49. The maximum Gasteiger partial charge on any atom is 0.365 e. The molecule has 0 amide bonds. The topological polar surface area (TPSA) is 112 Å². The fraction of sp³-hybridized carbons (Fsp3) is 0. The molecule has 1 heterocycles. The predicted octanol–water partition coefficient (Wildman–Crippen LogP) is 3.44. The molecule has 2 N–H and O–H groups in total. The fourth-order valence-corrected chi connectivity index (χ4v) is 2.79. The Morgan fingerprint density at radius 2 is 1.70 bits per heavy atom. The van der Waals surface area contributed by atoms with Crippen molar-refractivity contribution in [1.82, 2.24) is 0 Å². The molecule has 1 aromatic heterocycles. The summed E-state index contributed by atoms with van der Waals surface area (Å²) >= 11 is 5.75. The minimum absolute atomic E-state index is 0.00806. The lowest BCUT2D eigenvalue weighted by molar-refractivity contribution is 0.0519. The van der Waals surface area contributed by atoms with E-state index in [-0.39, 0.29) is 4.90 Å². The smallest absolute Gasteiger partial charge is 0.365 e. The van der Waals surface area contributed by atoms with Gasteiger partial charge in [-0.1, -0.05) is 16.8 Å². The lowest BCUT2D eigenvalue weighted by Crippen LogP contribution is -2.11. The second kappa shape index (κ2) is 7.75. The van der Waals surface area contributed by atoms with E-state index in [4.69, 9.17) is 26.0 Å². The molecule has 3 aromatic rings. The molecule has 0 spiro atoms. The van der Waals surface area contributed by atoms with Crippen LogP contribution in [0.15, 0.2) is 75.1 Å². The van der Waals surface area contributed by atoms with E-state index in [1.165, 1.54) is 30.5 Å². The number of furan rings is 1. The van der Waals surface area contributed by atoms with Crippen LogP contribution in [0.1, 0.15) is 16.1 Å². The van der Waals surface area contributed by atoms with Crippen LogP contribution >= 0.6 is 11.6 Å². The zero-order valence-corrected chi connectivity index (χ0v) is 15.3. The summed E-state index contributed by atoms with van der Waals surface area (Å²) < 4.78 is 28.1. The Bertz CT molecular complexity index is 1090. The maximum absolute atomic E-state index is 11.8. The Hall–Kier alpha value is -2.94. The molecule has 0 aliphatic carbocycles. The van der Waals surface area contributed by atoms with Crippen molar-refractivity contribution < 1.29 is 22.5 Å². The van der Waals surface area contributed by atoms with E-state index < -0.39 is 16.0 Å². The monoisotopic (exact) mass is 404 g/mol. The number of sulfonamides is 1. The minimum atomic E-state index is -3.75. The van der Waals surface area contributed by atoms with Gasteiger partial charge in [0.25, 0.3) is 0 Å². The van der Waals surface area contributed by atoms with Crippen LogP contribution in [0.3, 0.4) is 0 Å². The Balaban J connectivity index is 1.66. The van der Waals surface area contributed by atoms with Crippen LogP contribution in [-0.2, 0) is 14.9 Å². The highest BCUT2D eigenvalue weighted by Gasteiger charge is 2.10. The average molecular weight is 405 g/mol. The normalized spacial score (nSPS) is 11.6. The van der Waals surface area contributed by atoms with Gasteiger partial charge in [0.2, 0.25) is 10.0 Å². The largest absolute Gasteiger partial charge is 0.455 e. The van der Waals surface area contributed by atoms with Crippen molar-refractivity contribution in [3.05, 3.63) is 77.0 Å². The van der Waals surface area contributed by atoms with Gasteiger partial charge in [-0.2, -0.15) is 0 Å². The van der Waals surface area contributed by atoms with Crippen molar-refractivity contribution in [2.45, 2.75) is 4.90 Å². The number of nitrogens with two attached hydrogens (primary N) is 1. The van der Waals surface area contributed by atoms with Gasteiger partial charge in [0.05, 0.1) is 10.5 Å². The van der Waals surface area contributed by atoms with Crippen LogP contribution in [0, 0.1) is 0 Å². The van der Waals surface area contributed by atoms with Gasteiger partial charge in [-0.05, 0) is 60.7 Å². The summed E-state index contributed by atoms with van der Waals surface area (Å²) in [5, 5.41) is 9.17. The Kier molecular flexibility index (Phi) is 5.41. The van der Waals surface area contributed by atoms with Crippen molar-refractivity contribution >= 4 is 33.8 Å². The van der Waals surface area contributed by atoms with E-state index in [0.29, 0.717) is 27.7 Å². The number of halogens is 1. The standard InChI is InChI=1S/C18H13ClN2O5S/c19-14-5-1-13(2-6-14)18(22)26-21-11-15-7-10-17(25-15)12-3-8-16(9-4-12)27(20,23)24/h1-11H,(H2,20,23,24). The van der Waals surface area contributed by atoms with E-state index in [2.05, 4.69) is 5.16 Å². The van der Waals surface area contributed by atoms with Crippen molar-refractivity contribution in [2.24, 2.45) is 10.3 Å². The Morgan fingerprint density at radius 3 is 2.33 bits per heavy atom. The first kappa shape index (κ1) is 18.8. The fourth-order valence-electron chi connectivity index (χ4n) is 2.15. The van der Waals surface area contributed by atoms with Crippen LogP contribution in [0.2, 0.25) is 5.02 Å². The van der Waals surface area contributed by atoms with Gasteiger partial charge in [0.1, 0.15) is 17.7 Å². The summed E-state index contributed by atoms with van der Waals surface area (Å²) in [6, 6.07) is 15.4.